The Bertz CT molecular complexity index is 1120. The summed E-state index contributed by atoms with van der Waals surface area (Å²) in [6.07, 6.45) is 0.576. The Labute approximate surface area is 187 Å². The van der Waals surface area contributed by atoms with E-state index in [9.17, 15) is 19.8 Å². The minimum absolute atomic E-state index is 0.217. The number of aliphatic hydroxyl groups is 1. The number of hydrogen-bond donors (Lipinski definition) is 2. The highest BCUT2D eigenvalue weighted by Crippen LogP contribution is 2.28. The summed E-state index contributed by atoms with van der Waals surface area (Å²) >= 11 is 0. The second-order valence-corrected chi connectivity index (χ2v) is 7.99. The van der Waals surface area contributed by atoms with E-state index in [2.05, 4.69) is 4.98 Å². The van der Waals surface area contributed by atoms with Crippen LogP contribution in [0.25, 0.3) is 11.1 Å². The van der Waals surface area contributed by atoms with E-state index in [-0.39, 0.29) is 17.9 Å². The lowest BCUT2D eigenvalue weighted by molar-refractivity contribution is 0.0469. The average Bonchev–Trinajstić information content (AvgIpc) is 3.13. The maximum atomic E-state index is 12.7. The predicted octanol–water partition coefficient (Wildman–Crippen LogP) is 4.26. The van der Waals surface area contributed by atoms with Crippen molar-refractivity contribution in [3.05, 3.63) is 76.9 Å². The van der Waals surface area contributed by atoms with Crippen molar-refractivity contribution in [1.82, 2.24) is 9.55 Å². The van der Waals surface area contributed by atoms with Crippen molar-refractivity contribution in [3.8, 4) is 11.1 Å². The molecule has 0 atom stereocenters. The maximum absolute atomic E-state index is 12.7. The summed E-state index contributed by atoms with van der Waals surface area (Å²) in [6, 6.07) is 14.4. The van der Waals surface area contributed by atoms with E-state index in [1.165, 1.54) is 0 Å². The van der Waals surface area contributed by atoms with Gasteiger partial charge in [0.25, 0.3) is 0 Å². The molecule has 2 N–H and O–H groups in total. The van der Waals surface area contributed by atoms with Gasteiger partial charge in [-0.05, 0) is 43.5 Å². The molecule has 0 saturated carbocycles. The number of carboxylic acid groups (broad SMARTS) is 1. The third-order valence-corrected chi connectivity index (χ3v) is 5.17. The van der Waals surface area contributed by atoms with Crippen LogP contribution in [-0.4, -0.2) is 38.3 Å². The van der Waals surface area contributed by atoms with Crippen molar-refractivity contribution in [2.45, 2.75) is 46.3 Å². The first-order valence-corrected chi connectivity index (χ1v) is 10.6. The van der Waals surface area contributed by atoms with E-state index in [0.717, 1.165) is 11.1 Å². The van der Waals surface area contributed by atoms with Gasteiger partial charge >= 0.3 is 11.9 Å². The zero-order chi connectivity index (χ0) is 23.5. The van der Waals surface area contributed by atoms with Gasteiger partial charge in [0.2, 0.25) is 0 Å². The molecule has 0 aliphatic heterocycles. The molecule has 0 fully saturated rings. The van der Waals surface area contributed by atoms with Crippen molar-refractivity contribution in [2.24, 2.45) is 0 Å². The largest absolute Gasteiger partial charge is 0.478 e. The number of esters is 1. The van der Waals surface area contributed by atoms with Gasteiger partial charge in [-0.1, -0.05) is 49.4 Å². The van der Waals surface area contributed by atoms with Crippen molar-refractivity contribution >= 4 is 11.9 Å². The number of nitrogens with zero attached hydrogens (tertiary/aromatic N) is 2. The molecule has 0 saturated heterocycles. The Morgan fingerprint density at radius 1 is 1.06 bits per heavy atom. The van der Waals surface area contributed by atoms with Crippen LogP contribution in [0.4, 0.5) is 0 Å². The molecule has 168 valence electrons. The van der Waals surface area contributed by atoms with Gasteiger partial charge < -0.3 is 19.5 Å². The summed E-state index contributed by atoms with van der Waals surface area (Å²) < 4.78 is 7.03. The topological polar surface area (TPSA) is 102 Å². The maximum Gasteiger partial charge on any atom is 0.357 e. The number of benzene rings is 2. The first kappa shape index (κ1) is 23.2. The van der Waals surface area contributed by atoms with E-state index < -0.39 is 17.5 Å². The third kappa shape index (κ3) is 4.73. The molecular formula is C25H28N2O5. The van der Waals surface area contributed by atoms with Gasteiger partial charge in [-0.15, -0.1) is 0 Å². The fraction of sp³-hybridized carbons (Fsp3) is 0.320. The number of carbonyl (C=O) groups is 2. The monoisotopic (exact) mass is 436 g/mol. The number of imidazole rings is 1. The molecular weight excluding hydrogens is 408 g/mol. The number of rotatable bonds is 8. The fourth-order valence-electron chi connectivity index (χ4n) is 3.67. The van der Waals surface area contributed by atoms with E-state index >= 15 is 0 Å². The zero-order valence-corrected chi connectivity index (χ0v) is 18.8. The van der Waals surface area contributed by atoms with Crippen LogP contribution in [0.5, 0.6) is 0 Å². The van der Waals surface area contributed by atoms with Gasteiger partial charge in [0.15, 0.2) is 5.69 Å². The molecule has 1 aromatic heterocycles. The molecule has 3 rings (SSSR count). The normalized spacial score (nSPS) is 11.4. The second-order valence-electron chi connectivity index (χ2n) is 7.99. The molecule has 3 aromatic rings. The van der Waals surface area contributed by atoms with Crippen LogP contribution < -0.4 is 0 Å². The summed E-state index contributed by atoms with van der Waals surface area (Å²) in [5.74, 6) is -0.830. The van der Waals surface area contributed by atoms with Crippen LogP contribution in [0.2, 0.25) is 0 Å². The van der Waals surface area contributed by atoms with Gasteiger partial charge in [-0.3, -0.25) is 0 Å². The summed E-state index contributed by atoms with van der Waals surface area (Å²) in [5, 5.41) is 20.0. The molecule has 1 heterocycles. The Kier molecular flexibility index (Phi) is 6.79. The Balaban J connectivity index is 2.01. The first-order chi connectivity index (χ1) is 15.2. The average molecular weight is 437 g/mol. The molecule has 0 amide bonds. The molecule has 0 radical (unpaired) electrons. The third-order valence-electron chi connectivity index (χ3n) is 5.17. The highest BCUT2D eigenvalue weighted by molar-refractivity contribution is 5.96. The second kappa shape index (κ2) is 9.36. The lowest BCUT2D eigenvalue weighted by Gasteiger charge is -2.17. The number of aromatic carboxylic acids is 1. The highest BCUT2D eigenvalue weighted by Gasteiger charge is 2.32. The first-order valence-electron chi connectivity index (χ1n) is 10.6. The Morgan fingerprint density at radius 2 is 1.72 bits per heavy atom. The molecule has 0 spiro atoms. The Hall–Kier alpha value is -3.45. The van der Waals surface area contributed by atoms with E-state index in [1.54, 1.807) is 49.6 Å². The molecule has 0 aliphatic carbocycles. The fourth-order valence-corrected chi connectivity index (χ4v) is 3.67. The van der Waals surface area contributed by atoms with Crippen molar-refractivity contribution in [3.63, 3.8) is 0 Å². The number of carbonyl (C=O) groups excluding carboxylic acids is 1. The van der Waals surface area contributed by atoms with E-state index in [1.807, 2.05) is 31.2 Å². The SMILES string of the molecule is CCOC(=O)c1c(C(C)(C)O)nc(CC)n1Cc1ccc(-c2ccccc2C(=O)O)cc1. The van der Waals surface area contributed by atoms with Crippen molar-refractivity contribution in [1.29, 1.82) is 0 Å². The lowest BCUT2D eigenvalue weighted by atomic mass is 9.98. The van der Waals surface area contributed by atoms with Gasteiger partial charge in [0.1, 0.15) is 17.1 Å². The molecule has 7 heteroatoms. The standard InChI is InChI=1S/C25H28N2O5/c1-5-20-26-22(25(3,4)31)21(24(30)32-6-2)27(20)15-16-11-13-17(14-12-16)18-9-7-8-10-19(18)23(28)29/h7-14,31H,5-6,15H2,1-4H3,(H,28,29). The summed E-state index contributed by atoms with van der Waals surface area (Å²) in [7, 11) is 0. The van der Waals surface area contributed by atoms with Crippen LogP contribution >= 0.6 is 0 Å². The van der Waals surface area contributed by atoms with E-state index in [4.69, 9.17) is 4.74 Å². The number of aryl methyl sites for hydroxylation is 1. The van der Waals surface area contributed by atoms with Gasteiger partial charge in [0.05, 0.1) is 12.2 Å². The van der Waals surface area contributed by atoms with Crippen molar-refractivity contribution < 1.29 is 24.5 Å². The molecule has 7 nitrogen and oxygen atoms in total. The highest BCUT2D eigenvalue weighted by atomic mass is 16.5. The van der Waals surface area contributed by atoms with Crippen LogP contribution in [0, 0.1) is 0 Å². The molecule has 0 bridgehead atoms. The van der Waals surface area contributed by atoms with E-state index in [0.29, 0.717) is 30.0 Å². The minimum atomic E-state index is -1.30. The number of aromatic nitrogens is 2. The smallest absolute Gasteiger partial charge is 0.357 e. The van der Waals surface area contributed by atoms with Gasteiger partial charge in [-0.2, -0.15) is 0 Å². The predicted molar refractivity (Wildman–Crippen MR) is 121 cm³/mol. The summed E-state index contributed by atoms with van der Waals surface area (Å²) in [6.45, 7) is 7.44. The molecule has 2 aromatic carbocycles. The van der Waals surface area contributed by atoms with Crippen LogP contribution in [-0.2, 0) is 23.3 Å². The molecule has 32 heavy (non-hydrogen) atoms. The quantitative estimate of drug-likeness (QED) is 0.512. The van der Waals surface area contributed by atoms with Gasteiger partial charge in [-0.25, -0.2) is 14.6 Å². The number of carboxylic acids is 1. The summed E-state index contributed by atoms with van der Waals surface area (Å²) in [5.41, 5.74) is 1.80. The lowest BCUT2D eigenvalue weighted by Crippen LogP contribution is -2.23. The molecule has 0 aliphatic rings. The van der Waals surface area contributed by atoms with Crippen LogP contribution in [0.15, 0.2) is 48.5 Å². The molecule has 0 unspecified atom stereocenters. The van der Waals surface area contributed by atoms with Gasteiger partial charge in [0, 0.05) is 13.0 Å². The van der Waals surface area contributed by atoms with Crippen LogP contribution in [0.1, 0.15) is 65.6 Å². The summed E-state index contributed by atoms with van der Waals surface area (Å²) in [4.78, 5) is 28.8. The zero-order valence-electron chi connectivity index (χ0n) is 18.8. The number of ether oxygens (including phenoxy) is 1. The number of hydrogen-bond acceptors (Lipinski definition) is 5. The minimum Gasteiger partial charge on any atom is -0.478 e. The van der Waals surface area contributed by atoms with Crippen molar-refractivity contribution in [2.75, 3.05) is 6.61 Å². The van der Waals surface area contributed by atoms with Crippen LogP contribution in [0.3, 0.4) is 0 Å². The Morgan fingerprint density at radius 3 is 2.28 bits per heavy atom.